The summed E-state index contributed by atoms with van der Waals surface area (Å²) in [4.78, 5) is 0. The first kappa shape index (κ1) is 14.1. The van der Waals surface area contributed by atoms with Gasteiger partial charge in [0.15, 0.2) is 0 Å². The Morgan fingerprint density at radius 2 is 1.65 bits per heavy atom. The van der Waals surface area contributed by atoms with Crippen LogP contribution in [0.2, 0.25) is 0 Å². The van der Waals surface area contributed by atoms with Crippen molar-refractivity contribution in [1.82, 2.24) is 5.32 Å². The van der Waals surface area contributed by atoms with Crippen molar-refractivity contribution in [3.05, 3.63) is 35.9 Å². The predicted octanol–water partition coefficient (Wildman–Crippen LogP) is 4.22. The summed E-state index contributed by atoms with van der Waals surface area (Å²) in [7, 11) is 0. The van der Waals surface area contributed by atoms with Gasteiger partial charge in [-0.3, -0.25) is 0 Å². The molecule has 0 spiro atoms. The third-order valence-corrected chi connectivity index (χ3v) is 4.50. The molecule has 0 amide bonds. The van der Waals surface area contributed by atoms with Crippen molar-refractivity contribution in [1.29, 1.82) is 0 Å². The molecule has 0 radical (unpaired) electrons. The Kier molecular flexibility index (Phi) is 5.10. The standard InChI is InChI=1S/C18H27NO/c1-2-7-11-17(10-6-1)20-18(14-19-16-12-13-16)15-8-4-3-5-9-15/h3-5,8-9,16-19H,1-2,6-7,10-14H2. The molecule has 2 aliphatic rings. The van der Waals surface area contributed by atoms with Crippen molar-refractivity contribution in [2.75, 3.05) is 6.54 Å². The van der Waals surface area contributed by atoms with Crippen molar-refractivity contribution in [2.45, 2.75) is 69.6 Å². The average molecular weight is 273 g/mol. The van der Waals surface area contributed by atoms with E-state index in [-0.39, 0.29) is 6.10 Å². The van der Waals surface area contributed by atoms with E-state index >= 15 is 0 Å². The molecule has 2 saturated carbocycles. The summed E-state index contributed by atoms with van der Waals surface area (Å²) < 4.78 is 6.47. The van der Waals surface area contributed by atoms with Gasteiger partial charge < -0.3 is 10.1 Å². The topological polar surface area (TPSA) is 21.3 Å². The van der Waals surface area contributed by atoms with Gasteiger partial charge in [-0.25, -0.2) is 0 Å². The minimum absolute atomic E-state index is 0.222. The van der Waals surface area contributed by atoms with Crippen LogP contribution in [-0.4, -0.2) is 18.7 Å². The normalized spacial score (nSPS) is 22.4. The van der Waals surface area contributed by atoms with Crippen LogP contribution in [0.15, 0.2) is 30.3 Å². The van der Waals surface area contributed by atoms with Gasteiger partial charge in [0.1, 0.15) is 0 Å². The lowest BCUT2D eigenvalue weighted by Gasteiger charge is -2.25. The quantitative estimate of drug-likeness (QED) is 0.784. The summed E-state index contributed by atoms with van der Waals surface area (Å²) in [5.41, 5.74) is 1.32. The third-order valence-electron chi connectivity index (χ3n) is 4.50. The van der Waals surface area contributed by atoms with Crippen LogP contribution in [0.3, 0.4) is 0 Å². The van der Waals surface area contributed by atoms with E-state index in [9.17, 15) is 0 Å². The summed E-state index contributed by atoms with van der Waals surface area (Å²) >= 11 is 0. The minimum Gasteiger partial charge on any atom is -0.369 e. The van der Waals surface area contributed by atoms with Crippen molar-refractivity contribution in [2.24, 2.45) is 0 Å². The maximum atomic E-state index is 6.47. The van der Waals surface area contributed by atoms with Gasteiger partial charge in [-0.15, -0.1) is 0 Å². The van der Waals surface area contributed by atoms with Gasteiger partial charge in [-0.05, 0) is 31.2 Å². The summed E-state index contributed by atoms with van der Waals surface area (Å²) in [6.45, 7) is 0.963. The Morgan fingerprint density at radius 1 is 0.950 bits per heavy atom. The highest BCUT2D eigenvalue weighted by atomic mass is 16.5. The highest BCUT2D eigenvalue weighted by Crippen LogP contribution is 2.27. The van der Waals surface area contributed by atoms with Crippen molar-refractivity contribution >= 4 is 0 Å². The van der Waals surface area contributed by atoms with E-state index in [0.717, 1.165) is 12.6 Å². The van der Waals surface area contributed by atoms with Gasteiger partial charge >= 0.3 is 0 Å². The molecule has 0 aromatic heterocycles. The van der Waals surface area contributed by atoms with E-state index in [1.165, 1.54) is 56.9 Å². The molecule has 1 atom stereocenters. The fourth-order valence-electron chi connectivity index (χ4n) is 3.08. The Morgan fingerprint density at radius 3 is 2.30 bits per heavy atom. The van der Waals surface area contributed by atoms with Crippen LogP contribution >= 0.6 is 0 Å². The zero-order chi connectivity index (χ0) is 13.6. The molecule has 1 aromatic rings. The monoisotopic (exact) mass is 273 g/mol. The molecule has 20 heavy (non-hydrogen) atoms. The molecule has 2 fully saturated rings. The maximum absolute atomic E-state index is 6.47. The van der Waals surface area contributed by atoms with Crippen LogP contribution in [0.5, 0.6) is 0 Å². The highest BCUT2D eigenvalue weighted by molar-refractivity contribution is 5.18. The second-order valence-corrected chi connectivity index (χ2v) is 6.33. The van der Waals surface area contributed by atoms with Gasteiger partial charge in [-0.1, -0.05) is 56.0 Å². The third kappa shape index (κ3) is 4.32. The van der Waals surface area contributed by atoms with Gasteiger partial charge in [0.2, 0.25) is 0 Å². The molecular weight excluding hydrogens is 246 g/mol. The lowest BCUT2D eigenvalue weighted by atomic mass is 10.1. The number of ether oxygens (including phenoxy) is 1. The van der Waals surface area contributed by atoms with Gasteiger partial charge in [-0.2, -0.15) is 0 Å². The van der Waals surface area contributed by atoms with Crippen LogP contribution in [0.25, 0.3) is 0 Å². The Balaban J connectivity index is 1.60. The first-order chi connectivity index (χ1) is 9.92. The van der Waals surface area contributed by atoms with E-state index in [2.05, 4.69) is 35.6 Å². The Hall–Kier alpha value is -0.860. The molecule has 1 unspecified atom stereocenters. The van der Waals surface area contributed by atoms with Crippen LogP contribution in [0.4, 0.5) is 0 Å². The minimum atomic E-state index is 0.222. The van der Waals surface area contributed by atoms with Crippen molar-refractivity contribution in [3.63, 3.8) is 0 Å². The van der Waals surface area contributed by atoms with Crippen molar-refractivity contribution in [3.8, 4) is 0 Å². The molecule has 0 saturated heterocycles. The van der Waals surface area contributed by atoms with Gasteiger partial charge in [0.25, 0.3) is 0 Å². The SMILES string of the molecule is c1ccc(C(CNC2CC2)OC2CCCCCC2)cc1. The maximum Gasteiger partial charge on any atom is 0.0953 e. The molecule has 3 rings (SSSR count). The molecule has 0 heterocycles. The second kappa shape index (κ2) is 7.24. The van der Waals surface area contributed by atoms with E-state index in [1.54, 1.807) is 0 Å². The molecule has 0 bridgehead atoms. The molecule has 0 aliphatic heterocycles. The molecule has 2 nitrogen and oxygen atoms in total. The lowest BCUT2D eigenvalue weighted by molar-refractivity contribution is -0.0203. The fraction of sp³-hybridized carbons (Fsp3) is 0.667. The van der Waals surface area contributed by atoms with Crippen LogP contribution in [0.1, 0.15) is 63.0 Å². The molecule has 2 aliphatic carbocycles. The second-order valence-electron chi connectivity index (χ2n) is 6.33. The molecular formula is C18H27NO. The van der Waals surface area contributed by atoms with Crippen LogP contribution < -0.4 is 5.32 Å². The van der Waals surface area contributed by atoms with Crippen LogP contribution in [-0.2, 0) is 4.74 Å². The molecule has 2 heteroatoms. The molecule has 110 valence electrons. The number of hydrogen-bond acceptors (Lipinski definition) is 2. The van der Waals surface area contributed by atoms with E-state index in [4.69, 9.17) is 4.74 Å². The summed E-state index contributed by atoms with van der Waals surface area (Å²) in [6, 6.07) is 11.5. The highest BCUT2D eigenvalue weighted by Gasteiger charge is 2.24. The summed E-state index contributed by atoms with van der Waals surface area (Å²) in [5.74, 6) is 0. The summed E-state index contributed by atoms with van der Waals surface area (Å²) in [6.07, 6.45) is 11.3. The predicted molar refractivity (Wildman–Crippen MR) is 82.8 cm³/mol. The van der Waals surface area contributed by atoms with E-state index < -0.39 is 0 Å². The molecule has 1 N–H and O–H groups in total. The lowest BCUT2D eigenvalue weighted by Crippen LogP contribution is -2.28. The van der Waals surface area contributed by atoms with Crippen LogP contribution in [0, 0.1) is 0 Å². The average Bonchev–Trinajstić information content (AvgIpc) is 3.32. The smallest absolute Gasteiger partial charge is 0.0953 e. The first-order valence-corrected chi connectivity index (χ1v) is 8.35. The zero-order valence-corrected chi connectivity index (χ0v) is 12.4. The number of hydrogen-bond donors (Lipinski definition) is 1. The number of benzene rings is 1. The Labute approximate surface area is 122 Å². The largest absolute Gasteiger partial charge is 0.369 e. The summed E-state index contributed by atoms with van der Waals surface area (Å²) in [5, 5.41) is 3.64. The first-order valence-electron chi connectivity index (χ1n) is 8.35. The molecule has 1 aromatic carbocycles. The fourth-order valence-corrected chi connectivity index (χ4v) is 3.08. The zero-order valence-electron chi connectivity index (χ0n) is 12.4. The number of rotatable bonds is 6. The van der Waals surface area contributed by atoms with E-state index in [0.29, 0.717) is 6.10 Å². The Bertz CT molecular complexity index is 380. The van der Waals surface area contributed by atoms with Gasteiger partial charge in [0, 0.05) is 12.6 Å². The van der Waals surface area contributed by atoms with E-state index in [1.807, 2.05) is 0 Å². The van der Waals surface area contributed by atoms with Gasteiger partial charge in [0.05, 0.1) is 12.2 Å². The van der Waals surface area contributed by atoms with Crippen molar-refractivity contribution < 1.29 is 4.74 Å². The number of nitrogens with one attached hydrogen (secondary N) is 1.